The lowest BCUT2D eigenvalue weighted by molar-refractivity contribution is -0.120. The molecule has 122 valence electrons. The summed E-state index contributed by atoms with van der Waals surface area (Å²) in [7, 11) is 1.45. The standard InChI is InChI=1S/C15H18N4O4/c1-8(10-4-5-12(20)13(6-10)23-3)16-18-14(21)7-11-9(2)17-19-15(11)22/h4-6,20H,7H2,1-3H3,(H,18,21)(H2,17,19,22). The molecule has 2 aromatic rings. The lowest BCUT2D eigenvalue weighted by Gasteiger charge is -2.06. The zero-order chi connectivity index (χ0) is 17.0. The molecule has 4 N–H and O–H groups in total. The molecule has 0 spiro atoms. The lowest BCUT2D eigenvalue weighted by Crippen LogP contribution is -2.24. The number of phenolic OH excluding ortho intramolecular Hbond substituents is 1. The van der Waals surface area contributed by atoms with E-state index in [0.29, 0.717) is 28.3 Å². The summed E-state index contributed by atoms with van der Waals surface area (Å²) in [5.74, 6) is -0.0589. The van der Waals surface area contributed by atoms with Crippen LogP contribution in [0.25, 0.3) is 0 Å². The Labute approximate surface area is 132 Å². The molecule has 1 heterocycles. The second-order valence-electron chi connectivity index (χ2n) is 4.98. The number of aryl methyl sites for hydroxylation is 1. The molecule has 0 aliphatic rings. The molecule has 0 saturated heterocycles. The number of carbonyl (C=O) groups excluding carboxylic acids is 1. The van der Waals surface area contributed by atoms with Gasteiger partial charge in [-0.25, -0.2) is 5.43 Å². The fraction of sp³-hybridized carbons (Fsp3) is 0.267. The molecule has 0 bridgehead atoms. The van der Waals surface area contributed by atoms with Crippen LogP contribution in [0.1, 0.15) is 23.7 Å². The predicted octanol–water partition coefficient (Wildman–Crippen LogP) is 0.809. The van der Waals surface area contributed by atoms with E-state index in [2.05, 4.69) is 20.7 Å². The number of aromatic amines is 2. The van der Waals surface area contributed by atoms with Crippen molar-refractivity contribution in [3.63, 3.8) is 0 Å². The van der Waals surface area contributed by atoms with Crippen molar-refractivity contribution in [3.8, 4) is 11.5 Å². The Morgan fingerprint density at radius 2 is 2.13 bits per heavy atom. The summed E-state index contributed by atoms with van der Waals surface area (Å²) < 4.78 is 5.02. The van der Waals surface area contributed by atoms with Gasteiger partial charge in [0, 0.05) is 16.8 Å². The molecule has 1 aromatic carbocycles. The van der Waals surface area contributed by atoms with Crippen LogP contribution in [0, 0.1) is 6.92 Å². The van der Waals surface area contributed by atoms with Crippen molar-refractivity contribution in [2.45, 2.75) is 20.3 Å². The van der Waals surface area contributed by atoms with Gasteiger partial charge in [0.1, 0.15) is 0 Å². The van der Waals surface area contributed by atoms with Crippen LogP contribution in [-0.2, 0) is 11.2 Å². The van der Waals surface area contributed by atoms with Gasteiger partial charge in [0.15, 0.2) is 11.5 Å². The number of hydrogen-bond acceptors (Lipinski definition) is 5. The van der Waals surface area contributed by atoms with Crippen molar-refractivity contribution in [3.05, 3.63) is 45.4 Å². The van der Waals surface area contributed by atoms with E-state index in [0.717, 1.165) is 0 Å². The fourth-order valence-electron chi connectivity index (χ4n) is 2.00. The molecular formula is C15H18N4O4. The lowest BCUT2D eigenvalue weighted by atomic mass is 10.1. The van der Waals surface area contributed by atoms with Crippen LogP contribution in [0.3, 0.4) is 0 Å². The Morgan fingerprint density at radius 1 is 1.39 bits per heavy atom. The average Bonchev–Trinajstić information content (AvgIpc) is 2.85. The highest BCUT2D eigenvalue weighted by Crippen LogP contribution is 2.26. The van der Waals surface area contributed by atoms with Gasteiger partial charge >= 0.3 is 0 Å². The molecule has 2 rings (SSSR count). The molecule has 0 saturated carbocycles. The molecule has 0 unspecified atom stereocenters. The van der Waals surface area contributed by atoms with Crippen LogP contribution in [0.4, 0.5) is 0 Å². The van der Waals surface area contributed by atoms with Gasteiger partial charge in [-0.05, 0) is 32.0 Å². The van der Waals surface area contributed by atoms with Crippen LogP contribution in [-0.4, -0.2) is 34.0 Å². The minimum absolute atomic E-state index is 0.0234. The number of nitrogens with one attached hydrogen (secondary N) is 3. The third-order valence-corrected chi connectivity index (χ3v) is 3.37. The number of phenols is 1. The van der Waals surface area contributed by atoms with E-state index in [-0.39, 0.29) is 17.7 Å². The van der Waals surface area contributed by atoms with E-state index >= 15 is 0 Å². The molecule has 0 radical (unpaired) electrons. The van der Waals surface area contributed by atoms with Crippen molar-refractivity contribution < 1.29 is 14.6 Å². The van der Waals surface area contributed by atoms with E-state index in [1.165, 1.54) is 13.2 Å². The van der Waals surface area contributed by atoms with Crippen molar-refractivity contribution >= 4 is 11.6 Å². The zero-order valence-electron chi connectivity index (χ0n) is 13.1. The van der Waals surface area contributed by atoms with E-state index in [9.17, 15) is 14.7 Å². The first-order valence-corrected chi connectivity index (χ1v) is 6.89. The summed E-state index contributed by atoms with van der Waals surface area (Å²) >= 11 is 0. The summed E-state index contributed by atoms with van der Waals surface area (Å²) in [4.78, 5) is 23.4. The number of nitrogens with zero attached hydrogens (tertiary/aromatic N) is 1. The minimum Gasteiger partial charge on any atom is -0.504 e. The Balaban J connectivity index is 2.07. The maximum Gasteiger partial charge on any atom is 0.267 e. The number of ether oxygens (including phenoxy) is 1. The van der Waals surface area contributed by atoms with Gasteiger partial charge in [0.05, 0.1) is 19.2 Å². The third kappa shape index (κ3) is 3.79. The highest BCUT2D eigenvalue weighted by atomic mass is 16.5. The number of methoxy groups -OCH3 is 1. The van der Waals surface area contributed by atoms with E-state index in [1.807, 2.05) is 0 Å². The van der Waals surface area contributed by atoms with Gasteiger partial charge < -0.3 is 14.9 Å². The molecule has 0 fully saturated rings. The Morgan fingerprint density at radius 3 is 2.74 bits per heavy atom. The normalized spacial score (nSPS) is 11.3. The van der Waals surface area contributed by atoms with E-state index in [1.54, 1.807) is 26.0 Å². The molecule has 8 heteroatoms. The number of hydrazone groups is 1. The summed E-state index contributed by atoms with van der Waals surface area (Å²) in [6, 6.07) is 4.75. The highest BCUT2D eigenvalue weighted by Gasteiger charge is 2.11. The second kappa shape index (κ2) is 6.82. The SMILES string of the molecule is COc1cc(C(C)=NNC(=O)Cc2c(C)[nH][nH]c2=O)ccc1O. The van der Waals surface area contributed by atoms with Crippen molar-refractivity contribution in [2.24, 2.45) is 5.10 Å². The van der Waals surface area contributed by atoms with Crippen molar-refractivity contribution in [2.75, 3.05) is 7.11 Å². The topological polar surface area (TPSA) is 120 Å². The first-order chi connectivity index (χ1) is 10.9. The number of rotatable bonds is 5. The smallest absolute Gasteiger partial charge is 0.267 e. The Bertz CT molecular complexity index is 804. The van der Waals surface area contributed by atoms with Gasteiger partial charge in [-0.2, -0.15) is 5.10 Å². The molecule has 0 atom stereocenters. The average molecular weight is 318 g/mol. The molecule has 0 aliphatic heterocycles. The Kier molecular flexibility index (Phi) is 4.85. The number of benzene rings is 1. The van der Waals surface area contributed by atoms with Crippen LogP contribution in [0.15, 0.2) is 28.1 Å². The Hall–Kier alpha value is -3.03. The molecule has 0 aliphatic carbocycles. The first-order valence-electron chi connectivity index (χ1n) is 6.89. The molecular weight excluding hydrogens is 300 g/mol. The van der Waals surface area contributed by atoms with Crippen molar-refractivity contribution in [1.29, 1.82) is 0 Å². The fourth-order valence-corrected chi connectivity index (χ4v) is 2.00. The largest absolute Gasteiger partial charge is 0.504 e. The number of H-pyrrole nitrogens is 2. The van der Waals surface area contributed by atoms with E-state index in [4.69, 9.17) is 4.74 Å². The van der Waals surface area contributed by atoms with Crippen molar-refractivity contribution in [1.82, 2.24) is 15.6 Å². The van der Waals surface area contributed by atoms with Gasteiger partial charge in [0.25, 0.3) is 5.56 Å². The molecule has 1 aromatic heterocycles. The zero-order valence-corrected chi connectivity index (χ0v) is 13.1. The number of aromatic hydroxyl groups is 1. The van der Waals surface area contributed by atoms with Gasteiger partial charge in [-0.15, -0.1) is 0 Å². The van der Waals surface area contributed by atoms with Crippen LogP contribution in [0.2, 0.25) is 0 Å². The number of carbonyl (C=O) groups is 1. The van der Waals surface area contributed by atoms with Gasteiger partial charge in [-0.1, -0.05) is 0 Å². The van der Waals surface area contributed by atoms with Crippen LogP contribution < -0.4 is 15.7 Å². The molecule has 1 amide bonds. The van der Waals surface area contributed by atoms with Gasteiger partial charge in [0.2, 0.25) is 5.91 Å². The summed E-state index contributed by atoms with van der Waals surface area (Å²) in [6.07, 6.45) is -0.0691. The highest BCUT2D eigenvalue weighted by molar-refractivity contribution is 5.99. The molecule has 23 heavy (non-hydrogen) atoms. The van der Waals surface area contributed by atoms with Crippen LogP contribution in [0.5, 0.6) is 11.5 Å². The summed E-state index contributed by atoms with van der Waals surface area (Å²) in [5.41, 5.74) is 4.31. The van der Waals surface area contributed by atoms with Gasteiger partial charge in [-0.3, -0.25) is 14.7 Å². The number of amides is 1. The summed E-state index contributed by atoms with van der Waals surface area (Å²) in [6.45, 7) is 3.41. The first kappa shape index (κ1) is 16.3. The maximum atomic E-state index is 11.9. The second-order valence-corrected chi connectivity index (χ2v) is 4.98. The van der Waals surface area contributed by atoms with Crippen LogP contribution >= 0.6 is 0 Å². The number of hydrogen-bond donors (Lipinski definition) is 4. The monoisotopic (exact) mass is 318 g/mol. The third-order valence-electron chi connectivity index (χ3n) is 3.37. The maximum absolute atomic E-state index is 11.9. The summed E-state index contributed by atoms with van der Waals surface area (Å²) in [5, 5.41) is 18.6. The minimum atomic E-state index is -0.400. The number of aromatic nitrogens is 2. The van der Waals surface area contributed by atoms with E-state index < -0.39 is 5.91 Å². The predicted molar refractivity (Wildman–Crippen MR) is 84.9 cm³/mol. The molecule has 8 nitrogen and oxygen atoms in total. The quantitative estimate of drug-likeness (QED) is 0.481.